The molecule has 1 aromatic heterocycles. The van der Waals surface area contributed by atoms with Crippen molar-refractivity contribution >= 4 is 46.6 Å². The maximum absolute atomic E-state index is 12.5. The molecule has 3 aromatic rings. The molecule has 0 aliphatic carbocycles. The summed E-state index contributed by atoms with van der Waals surface area (Å²) in [6.45, 7) is 9.45. The molecule has 0 radical (unpaired) electrons. The van der Waals surface area contributed by atoms with Gasteiger partial charge in [0.05, 0.1) is 10.8 Å². The zero-order valence-corrected chi connectivity index (χ0v) is 20.7. The summed E-state index contributed by atoms with van der Waals surface area (Å²) in [6, 6.07) is 12.5. The van der Waals surface area contributed by atoms with E-state index in [4.69, 9.17) is 16.3 Å². The summed E-state index contributed by atoms with van der Waals surface area (Å²) in [5, 5.41) is 15.2. The second-order valence-electron chi connectivity index (χ2n) is 7.48. The number of nitrogens with one attached hydrogen (secondary N) is 2. The smallest absolute Gasteiger partial charge is 0.234 e. The van der Waals surface area contributed by atoms with Gasteiger partial charge in [0.2, 0.25) is 11.8 Å². The van der Waals surface area contributed by atoms with Crippen molar-refractivity contribution in [2.75, 3.05) is 16.4 Å². The third-order valence-corrected chi connectivity index (χ3v) is 5.99. The first-order valence-electron chi connectivity index (χ1n) is 10.5. The number of allylic oxidation sites excluding steroid dienone is 1. The number of halogens is 1. The van der Waals surface area contributed by atoms with E-state index in [0.29, 0.717) is 39.7 Å². The minimum atomic E-state index is -0.416. The van der Waals surface area contributed by atoms with Gasteiger partial charge in [-0.2, -0.15) is 0 Å². The Kier molecular flexibility index (Phi) is 8.72. The minimum absolute atomic E-state index is 0.140. The first-order valence-corrected chi connectivity index (χ1v) is 11.9. The molecular formula is C24H26ClN5O3S. The Labute approximate surface area is 207 Å². The van der Waals surface area contributed by atoms with Crippen LogP contribution in [0.5, 0.6) is 5.75 Å². The van der Waals surface area contributed by atoms with Crippen molar-refractivity contribution in [1.82, 2.24) is 14.8 Å². The number of anilines is 2. The summed E-state index contributed by atoms with van der Waals surface area (Å²) < 4.78 is 7.84. The number of rotatable bonds is 10. The summed E-state index contributed by atoms with van der Waals surface area (Å²) in [5.74, 6) is 0.962. The fraction of sp³-hybridized carbons (Fsp3) is 0.250. The van der Waals surface area contributed by atoms with Crippen molar-refractivity contribution in [1.29, 1.82) is 0 Å². The van der Waals surface area contributed by atoms with Crippen molar-refractivity contribution in [3.63, 3.8) is 0 Å². The van der Waals surface area contributed by atoms with Crippen LogP contribution in [0.25, 0.3) is 0 Å². The standard InChI is InChI=1S/C24H26ClN5O3S/c1-5-12-30-23(16(3)33-21-9-7-6-8-19(21)25)28-29-24(30)34-14-22(32)27-18-10-11-20(15(2)13-18)26-17(4)31/h5-11,13,16H,1,12,14H2,2-4H3,(H,26,31)(H,27,32). The van der Waals surface area contributed by atoms with Gasteiger partial charge in [0, 0.05) is 24.8 Å². The van der Waals surface area contributed by atoms with Crippen molar-refractivity contribution in [3.8, 4) is 5.75 Å². The van der Waals surface area contributed by atoms with Crippen LogP contribution in [0.1, 0.15) is 31.3 Å². The summed E-state index contributed by atoms with van der Waals surface area (Å²) in [5.41, 5.74) is 2.20. The molecule has 1 atom stereocenters. The van der Waals surface area contributed by atoms with E-state index in [0.717, 1.165) is 5.56 Å². The fourth-order valence-electron chi connectivity index (χ4n) is 3.19. The molecule has 2 aromatic carbocycles. The Balaban J connectivity index is 1.65. The van der Waals surface area contributed by atoms with Gasteiger partial charge in [0.25, 0.3) is 0 Å². The molecule has 1 unspecified atom stereocenters. The highest BCUT2D eigenvalue weighted by Crippen LogP contribution is 2.29. The van der Waals surface area contributed by atoms with Crippen LogP contribution in [-0.4, -0.2) is 32.3 Å². The average molecular weight is 500 g/mol. The average Bonchev–Trinajstić information content (AvgIpc) is 3.18. The van der Waals surface area contributed by atoms with Gasteiger partial charge < -0.3 is 15.4 Å². The zero-order chi connectivity index (χ0) is 24.7. The number of ether oxygens (including phenoxy) is 1. The molecule has 0 saturated heterocycles. The number of hydrogen-bond acceptors (Lipinski definition) is 6. The van der Waals surface area contributed by atoms with Crippen LogP contribution in [0.2, 0.25) is 5.02 Å². The number of aryl methyl sites for hydroxylation is 1. The maximum atomic E-state index is 12.5. The minimum Gasteiger partial charge on any atom is -0.481 e. The number of aromatic nitrogens is 3. The van der Waals surface area contributed by atoms with Crippen LogP contribution in [0, 0.1) is 6.92 Å². The van der Waals surface area contributed by atoms with Crippen LogP contribution in [-0.2, 0) is 16.1 Å². The number of amides is 2. The summed E-state index contributed by atoms with van der Waals surface area (Å²) >= 11 is 7.47. The van der Waals surface area contributed by atoms with E-state index in [1.54, 1.807) is 36.4 Å². The van der Waals surface area contributed by atoms with Crippen LogP contribution in [0.15, 0.2) is 60.3 Å². The van der Waals surface area contributed by atoms with Crippen molar-refractivity contribution in [3.05, 3.63) is 71.5 Å². The van der Waals surface area contributed by atoms with E-state index >= 15 is 0 Å². The lowest BCUT2D eigenvalue weighted by Gasteiger charge is -2.16. The van der Waals surface area contributed by atoms with Gasteiger partial charge in [-0.3, -0.25) is 14.2 Å². The predicted molar refractivity (Wildman–Crippen MR) is 136 cm³/mol. The molecule has 8 nitrogen and oxygen atoms in total. The van der Waals surface area contributed by atoms with Crippen molar-refractivity contribution in [2.45, 2.75) is 38.6 Å². The molecule has 3 rings (SSSR count). The summed E-state index contributed by atoms with van der Waals surface area (Å²) in [4.78, 5) is 23.8. The van der Waals surface area contributed by atoms with Crippen molar-refractivity contribution < 1.29 is 14.3 Å². The molecule has 2 amide bonds. The lowest BCUT2D eigenvalue weighted by molar-refractivity contribution is -0.114. The highest BCUT2D eigenvalue weighted by molar-refractivity contribution is 7.99. The Morgan fingerprint density at radius 2 is 2.00 bits per heavy atom. The molecule has 0 saturated carbocycles. The molecule has 0 bridgehead atoms. The first kappa shape index (κ1) is 25.3. The molecular weight excluding hydrogens is 474 g/mol. The molecule has 34 heavy (non-hydrogen) atoms. The Morgan fingerprint density at radius 3 is 2.68 bits per heavy atom. The van der Waals surface area contributed by atoms with Gasteiger partial charge >= 0.3 is 0 Å². The molecule has 1 heterocycles. The van der Waals surface area contributed by atoms with E-state index < -0.39 is 6.10 Å². The zero-order valence-electron chi connectivity index (χ0n) is 19.2. The number of hydrogen-bond donors (Lipinski definition) is 2. The van der Waals surface area contributed by atoms with Gasteiger partial charge in [0.1, 0.15) is 5.75 Å². The Bertz CT molecular complexity index is 1200. The largest absolute Gasteiger partial charge is 0.481 e. The number of thioether (sulfide) groups is 1. The Hall–Kier alpha value is -3.30. The summed E-state index contributed by atoms with van der Waals surface area (Å²) in [7, 11) is 0. The maximum Gasteiger partial charge on any atom is 0.234 e. The number of carbonyl (C=O) groups excluding carboxylic acids is 2. The third-order valence-electron chi connectivity index (χ3n) is 4.71. The Morgan fingerprint density at radius 1 is 1.24 bits per heavy atom. The molecule has 0 aliphatic heterocycles. The van der Waals surface area contributed by atoms with Gasteiger partial charge in [0.15, 0.2) is 17.1 Å². The quantitative estimate of drug-likeness (QED) is 0.292. The predicted octanol–water partition coefficient (Wildman–Crippen LogP) is 5.26. The van der Waals surface area contributed by atoms with Gasteiger partial charge in [-0.1, -0.05) is 41.6 Å². The van der Waals surface area contributed by atoms with Crippen LogP contribution in [0.3, 0.4) is 0 Å². The highest BCUT2D eigenvalue weighted by atomic mass is 35.5. The SMILES string of the molecule is C=CCn1c(SCC(=O)Nc2ccc(NC(C)=O)c(C)c2)nnc1C(C)Oc1ccccc1Cl. The second kappa shape index (κ2) is 11.7. The lowest BCUT2D eigenvalue weighted by atomic mass is 10.1. The van der Waals surface area contributed by atoms with E-state index in [1.165, 1.54) is 18.7 Å². The third kappa shape index (κ3) is 6.61. The molecule has 0 aliphatic rings. The molecule has 0 spiro atoms. The summed E-state index contributed by atoms with van der Waals surface area (Å²) in [6.07, 6.45) is 1.32. The number of nitrogens with zero attached hydrogens (tertiary/aromatic N) is 3. The van der Waals surface area contributed by atoms with Gasteiger partial charge in [-0.15, -0.1) is 16.8 Å². The first-order chi connectivity index (χ1) is 16.3. The normalized spacial score (nSPS) is 11.5. The highest BCUT2D eigenvalue weighted by Gasteiger charge is 2.20. The number of benzene rings is 2. The molecule has 2 N–H and O–H groups in total. The van der Waals surface area contributed by atoms with Crippen LogP contribution < -0.4 is 15.4 Å². The monoisotopic (exact) mass is 499 g/mol. The van der Waals surface area contributed by atoms with E-state index in [1.807, 2.05) is 30.5 Å². The van der Waals surface area contributed by atoms with Crippen LogP contribution in [0.4, 0.5) is 11.4 Å². The van der Waals surface area contributed by atoms with Gasteiger partial charge in [-0.05, 0) is 49.7 Å². The van der Waals surface area contributed by atoms with E-state index in [9.17, 15) is 9.59 Å². The van der Waals surface area contributed by atoms with Crippen molar-refractivity contribution in [2.24, 2.45) is 0 Å². The molecule has 0 fully saturated rings. The fourth-order valence-corrected chi connectivity index (χ4v) is 4.13. The second-order valence-corrected chi connectivity index (χ2v) is 8.83. The van der Waals surface area contributed by atoms with Crippen LogP contribution >= 0.6 is 23.4 Å². The lowest BCUT2D eigenvalue weighted by Crippen LogP contribution is -2.16. The van der Waals surface area contributed by atoms with E-state index in [-0.39, 0.29) is 17.6 Å². The topological polar surface area (TPSA) is 98.1 Å². The molecule has 10 heteroatoms. The molecule has 178 valence electrons. The van der Waals surface area contributed by atoms with E-state index in [2.05, 4.69) is 27.4 Å². The number of carbonyl (C=O) groups is 2. The van der Waals surface area contributed by atoms with Gasteiger partial charge in [-0.25, -0.2) is 0 Å². The number of para-hydroxylation sites is 1.